The van der Waals surface area contributed by atoms with Crippen molar-refractivity contribution in [2.75, 3.05) is 0 Å². The SMILES string of the molecule is c1cc(-c2ccc(CNCc3cncs3)cc2)[nH]n1. The molecule has 0 atom stereocenters. The monoisotopic (exact) mass is 270 g/mol. The second-order valence-electron chi connectivity index (χ2n) is 4.24. The van der Waals surface area contributed by atoms with E-state index in [0.717, 1.165) is 24.3 Å². The molecule has 2 heterocycles. The van der Waals surface area contributed by atoms with Crippen molar-refractivity contribution in [1.29, 1.82) is 0 Å². The minimum Gasteiger partial charge on any atom is -0.308 e. The third-order valence-electron chi connectivity index (χ3n) is 2.88. The van der Waals surface area contributed by atoms with Gasteiger partial charge >= 0.3 is 0 Å². The first kappa shape index (κ1) is 12.1. The van der Waals surface area contributed by atoms with Gasteiger partial charge in [0, 0.05) is 30.4 Å². The van der Waals surface area contributed by atoms with Crippen LogP contribution in [0.4, 0.5) is 0 Å². The van der Waals surface area contributed by atoms with Crippen LogP contribution in [0.15, 0.2) is 48.2 Å². The molecular formula is C14H14N4S. The number of aromatic amines is 1. The molecule has 96 valence electrons. The Balaban J connectivity index is 1.57. The van der Waals surface area contributed by atoms with E-state index in [1.807, 2.05) is 17.8 Å². The number of nitrogens with one attached hydrogen (secondary N) is 2. The predicted octanol–water partition coefficient (Wildman–Crippen LogP) is 2.82. The number of thiazole rings is 1. The van der Waals surface area contributed by atoms with Gasteiger partial charge in [0.05, 0.1) is 11.2 Å². The van der Waals surface area contributed by atoms with Gasteiger partial charge in [-0.2, -0.15) is 5.10 Å². The van der Waals surface area contributed by atoms with Crippen LogP contribution in [0.25, 0.3) is 11.3 Å². The second-order valence-corrected chi connectivity index (χ2v) is 5.21. The molecule has 4 nitrogen and oxygen atoms in total. The van der Waals surface area contributed by atoms with Crippen LogP contribution in [0.5, 0.6) is 0 Å². The van der Waals surface area contributed by atoms with Crippen LogP contribution >= 0.6 is 11.3 Å². The van der Waals surface area contributed by atoms with E-state index in [1.165, 1.54) is 10.4 Å². The summed E-state index contributed by atoms with van der Waals surface area (Å²) in [4.78, 5) is 5.32. The van der Waals surface area contributed by atoms with Crippen molar-refractivity contribution in [2.45, 2.75) is 13.1 Å². The molecule has 0 bridgehead atoms. The van der Waals surface area contributed by atoms with Crippen molar-refractivity contribution in [2.24, 2.45) is 0 Å². The smallest absolute Gasteiger partial charge is 0.0794 e. The van der Waals surface area contributed by atoms with Crippen LogP contribution in [0.1, 0.15) is 10.4 Å². The molecule has 0 saturated carbocycles. The number of hydrogen-bond acceptors (Lipinski definition) is 4. The van der Waals surface area contributed by atoms with Crippen LogP contribution in [0.3, 0.4) is 0 Å². The molecule has 5 heteroatoms. The first-order valence-corrected chi connectivity index (χ1v) is 6.96. The zero-order valence-electron chi connectivity index (χ0n) is 10.3. The number of benzene rings is 1. The Labute approximate surface area is 115 Å². The fourth-order valence-corrected chi connectivity index (χ4v) is 2.44. The first-order chi connectivity index (χ1) is 9.42. The molecule has 0 aliphatic rings. The Morgan fingerprint density at radius 2 is 2.00 bits per heavy atom. The molecule has 1 aromatic carbocycles. The van der Waals surface area contributed by atoms with Crippen LogP contribution in [-0.2, 0) is 13.1 Å². The zero-order chi connectivity index (χ0) is 12.9. The van der Waals surface area contributed by atoms with Crippen molar-refractivity contribution in [3.05, 3.63) is 58.7 Å². The molecule has 0 fully saturated rings. The predicted molar refractivity (Wildman–Crippen MR) is 76.7 cm³/mol. The van der Waals surface area contributed by atoms with Gasteiger partial charge in [-0.25, -0.2) is 0 Å². The fourth-order valence-electron chi connectivity index (χ4n) is 1.88. The molecule has 3 aromatic rings. The van der Waals surface area contributed by atoms with Crippen LogP contribution < -0.4 is 5.32 Å². The van der Waals surface area contributed by atoms with E-state index < -0.39 is 0 Å². The van der Waals surface area contributed by atoms with Gasteiger partial charge < -0.3 is 5.32 Å². The molecule has 0 unspecified atom stereocenters. The highest BCUT2D eigenvalue weighted by molar-refractivity contribution is 7.09. The number of hydrogen-bond donors (Lipinski definition) is 2. The normalized spacial score (nSPS) is 10.7. The summed E-state index contributed by atoms with van der Waals surface area (Å²) in [5, 5.41) is 10.3. The van der Waals surface area contributed by atoms with Crippen molar-refractivity contribution < 1.29 is 0 Å². The highest BCUT2D eigenvalue weighted by Gasteiger charge is 1.99. The molecule has 2 N–H and O–H groups in total. The number of nitrogens with zero attached hydrogens (tertiary/aromatic N) is 2. The van der Waals surface area contributed by atoms with Crippen molar-refractivity contribution in [3.8, 4) is 11.3 Å². The van der Waals surface area contributed by atoms with Gasteiger partial charge in [0.25, 0.3) is 0 Å². The quantitative estimate of drug-likeness (QED) is 0.749. The summed E-state index contributed by atoms with van der Waals surface area (Å²) in [5.74, 6) is 0. The summed E-state index contributed by atoms with van der Waals surface area (Å²) in [6, 6.07) is 10.5. The maximum atomic E-state index is 4.06. The summed E-state index contributed by atoms with van der Waals surface area (Å²) >= 11 is 1.67. The molecular weight excluding hydrogens is 256 g/mol. The largest absolute Gasteiger partial charge is 0.308 e. The van der Waals surface area contributed by atoms with Crippen molar-refractivity contribution >= 4 is 11.3 Å². The van der Waals surface area contributed by atoms with Crippen LogP contribution in [0.2, 0.25) is 0 Å². The van der Waals surface area contributed by atoms with E-state index in [9.17, 15) is 0 Å². The lowest BCUT2D eigenvalue weighted by atomic mass is 10.1. The minimum atomic E-state index is 0.862. The fraction of sp³-hybridized carbons (Fsp3) is 0.143. The van der Waals surface area contributed by atoms with Gasteiger partial charge in [-0.1, -0.05) is 24.3 Å². The third kappa shape index (κ3) is 3.07. The minimum absolute atomic E-state index is 0.862. The van der Waals surface area contributed by atoms with Crippen molar-refractivity contribution in [3.63, 3.8) is 0 Å². The maximum absolute atomic E-state index is 4.06. The molecule has 0 amide bonds. The Morgan fingerprint density at radius 1 is 1.11 bits per heavy atom. The van der Waals surface area contributed by atoms with Gasteiger partial charge in [-0.15, -0.1) is 11.3 Å². The summed E-state index contributed by atoms with van der Waals surface area (Å²) < 4.78 is 0. The van der Waals surface area contributed by atoms with Crippen LogP contribution in [-0.4, -0.2) is 15.2 Å². The second kappa shape index (κ2) is 5.77. The number of H-pyrrole nitrogens is 1. The van der Waals surface area contributed by atoms with Gasteiger partial charge in [0.15, 0.2) is 0 Å². The van der Waals surface area contributed by atoms with E-state index >= 15 is 0 Å². The lowest BCUT2D eigenvalue weighted by Crippen LogP contribution is -2.11. The van der Waals surface area contributed by atoms with E-state index in [0.29, 0.717) is 0 Å². The first-order valence-electron chi connectivity index (χ1n) is 6.08. The molecule has 2 aromatic heterocycles. The zero-order valence-corrected chi connectivity index (χ0v) is 11.2. The number of rotatable bonds is 5. The Hall–Kier alpha value is -1.98. The highest BCUT2D eigenvalue weighted by atomic mass is 32.1. The molecule has 19 heavy (non-hydrogen) atoms. The van der Waals surface area contributed by atoms with Gasteiger partial charge in [-0.05, 0) is 17.2 Å². The molecule has 0 radical (unpaired) electrons. The molecule has 3 rings (SSSR count). The van der Waals surface area contributed by atoms with E-state index in [1.54, 1.807) is 17.5 Å². The summed E-state index contributed by atoms with van der Waals surface area (Å²) in [6.45, 7) is 1.73. The highest BCUT2D eigenvalue weighted by Crippen LogP contribution is 2.16. The molecule has 0 aliphatic heterocycles. The Bertz CT molecular complexity index is 599. The van der Waals surface area contributed by atoms with E-state index in [4.69, 9.17) is 0 Å². The molecule has 0 aliphatic carbocycles. The summed E-state index contributed by atoms with van der Waals surface area (Å²) in [5.41, 5.74) is 5.33. The van der Waals surface area contributed by atoms with E-state index in [-0.39, 0.29) is 0 Å². The van der Waals surface area contributed by atoms with Gasteiger partial charge in [-0.3, -0.25) is 10.1 Å². The Morgan fingerprint density at radius 3 is 2.68 bits per heavy atom. The lowest BCUT2D eigenvalue weighted by Gasteiger charge is -2.04. The summed E-state index contributed by atoms with van der Waals surface area (Å²) in [6.07, 6.45) is 3.67. The Kier molecular flexibility index (Phi) is 3.67. The van der Waals surface area contributed by atoms with Crippen molar-refractivity contribution in [1.82, 2.24) is 20.5 Å². The topological polar surface area (TPSA) is 53.6 Å². The van der Waals surface area contributed by atoms with Gasteiger partial charge in [0.1, 0.15) is 0 Å². The molecule has 0 saturated heterocycles. The lowest BCUT2D eigenvalue weighted by molar-refractivity contribution is 0.700. The average Bonchev–Trinajstić information content (AvgIpc) is 3.13. The third-order valence-corrected chi connectivity index (χ3v) is 3.66. The average molecular weight is 270 g/mol. The standard InChI is InChI=1S/C14H14N4S/c1-3-12(14-5-6-17-18-14)4-2-11(1)7-15-8-13-9-16-10-19-13/h1-6,9-10,15H,7-8H2,(H,17,18). The van der Waals surface area contributed by atoms with E-state index in [2.05, 4.69) is 44.8 Å². The van der Waals surface area contributed by atoms with Gasteiger partial charge in [0.2, 0.25) is 0 Å². The van der Waals surface area contributed by atoms with Crippen LogP contribution in [0, 0.1) is 0 Å². The maximum Gasteiger partial charge on any atom is 0.0794 e. The number of aromatic nitrogens is 3. The molecule has 0 spiro atoms. The summed E-state index contributed by atoms with van der Waals surface area (Å²) in [7, 11) is 0.